The van der Waals surface area contributed by atoms with E-state index < -0.39 is 5.60 Å². The van der Waals surface area contributed by atoms with Crippen LogP contribution in [0.25, 0.3) is 0 Å². The third-order valence-corrected chi connectivity index (χ3v) is 5.95. The van der Waals surface area contributed by atoms with E-state index in [1.54, 1.807) is 19.6 Å². The molecule has 8 heteroatoms. The molecule has 0 aliphatic carbocycles. The van der Waals surface area contributed by atoms with Gasteiger partial charge in [-0.05, 0) is 48.7 Å². The summed E-state index contributed by atoms with van der Waals surface area (Å²) in [4.78, 5) is 6.24. The highest BCUT2D eigenvalue weighted by atomic mass is 16.5. The van der Waals surface area contributed by atoms with E-state index in [-0.39, 0.29) is 13.2 Å². The minimum atomic E-state index is -1.09. The molecule has 8 nitrogen and oxygen atoms in total. The number of aromatic nitrogens is 2. The van der Waals surface area contributed by atoms with E-state index in [0.717, 1.165) is 42.1 Å². The molecular formula is C27H35N3O5. The second kappa shape index (κ2) is 12.1. The topological polar surface area (TPSA) is 78.2 Å². The van der Waals surface area contributed by atoms with Crippen molar-refractivity contribution in [3.8, 4) is 17.2 Å². The molecule has 2 heterocycles. The number of rotatable bonds is 11. The molecule has 1 aliphatic heterocycles. The summed E-state index contributed by atoms with van der Waals surface area (Å²) < 4.78 is 25.2. The van der Waals surface area contributed by atoms with Crippen LogP contribution in [-0.2, 0) is 17.8 Å². The molecule has 2 aromatic carbocycles. The Hall–Kier alpha value is -3.07. The summed E-state index contributed by atoms with van der Waals surface area (Å²) in [6, 6.07) is 13.8. The van der Waals surface area contributed by atoms with Gasteiger partial charge in [-0.2, -0.15) is 0 Å². The molecule has 1 N–H and O–H groups in total. The van der Waals surface area contributed by atoms with Crippen LogP contribution in [0.3, 0.4) is 0 Å². The van der Waals surface area contributed by atoms with Gasteiger partial charge in [-0.3, -0.25) is 4.90 Å². The van der Waals surface area contributed by atoms with Gasteiger partial charge in [0.25, 0.3) is 0 Å². The third kappa shape index (κ3) is 7.45. The monoisotopic (exact) mass is 481 g/mol. The molecule has 35 heavy (non-hydrogen) atoms. The number of benzene rings is 2. The quantitative estimate of drug-likeness (QED) is 0.421. The first-order valence-electron chi connectivity index (χ1n) is 12.0. The van der Waals surface area contributed by atoms with Crippen LogP contribution in [0, 0.1) is 6.92 Å². The standard InChI is InChI=1S/C27H35N3O5/c1-22-5-3-6-24(15-22)35-20-27(31)18-30(12-14-33-19-27)17-23-7-8-25(26(16-23)32-2)34-13-4-10-29-11-9-28-21-29/h3,5-9,11,15-16,21,31H,4,10,12-14,17-20H2,1-2H3/t27-/m1/s1. The maximum absolute atomic E-state index is 11.2. The second-order valence-electron chi connectivity index (χ2n) is 9.08. The van der Waals surface area contributed by atoms with E-state index in [0.29, 0.717) is 32.1 Å². The van der Waals surface area contributed by atoms with Gasteiger partial charge >= 0.3 is 0 Å². The zero-order valence-corrected chi connectivity index (χ0v) is 20.6. The minimum Gasteiger partial charge on any atom is -0.493 e. The molecule has 0 bridgehead atoms. The maximum Gasteiger partial charge on any atom is 0.161 e. The Balaban J connectivity index is 1.32. The van der Waals surface area contributed by atoms with Crippen LogP contribution in [0.15, 0.2) is 61.2 Å². The van der Waals surface area contributed by atoms with Crippen molar-refractivity contribution in [2.75, 3.05) is 46.6 Å². The second-order valence-corrected chi connectivity index (χ2v) is 9.08. The lowest BCUT2D eigenvalue weighted by molar-refractivity contribution is -0.0646. The lowest BCUT2D eigenvalue weighted by Gasteiger charge is -2.30. The summed E-state index contributed by atoms with van der Waals surface area (Å²) in [6.07, 6.45) is 6.40. The summed E-state index contributed by atoms with van der Waals surface area (Å²) in [5.41, 5.74) is 1.10. The Morgan fingerprint density at radius 1 is 1.14 bits per heavy atom. The van der Waals surface area contributed by atoms with Crippen molar-refractivity contribution in [3.63, 3.8) is 0 Å². The lowest BCUT2D eigenvalue weighted by Crippen LogP contribution is -2.48. The van der Waals surface area contributed by atoms with Crippen molar-refractivity contribution in [2.24, 2.45) is 0 Å². The predicted octanol–water partition coefficient (Wildman–Crippen LogP) is 3.31. The molecule has 1 saturated heterocycles. The van der Waals surface area contributed by atoms with Crippen molar-refractivity contribution >= 4 is 0 Å². The predicted molar refractivity (Wildman–Crippen MR) is 133 cm³/mol. The fourth-order valence-electron chi connectivity index (χ4n) is 4.18. The summed E-state index contributed by atoms with van der Waals surface area (Å²) in [5, 5.41) is 11.2. The molecule has 0 spiro atoms. The zero-order chi connectivity index (χ0) is 24.5. The number of imidazole rings is 1. The molecule has 1 atom stereocenters. The molecule has 0 amide bonds. The van der Waals surface area contributed by atoms with Gasteiger partial charge < -0.3 is 28.6 Å². The van der Waals surface area contributed by atoms with Crippen LogP contribution in [0.5, 0.6) is 17.2 Å². The van der Waals surface area contributed by atoms with Crippen LogP contribution in [0.4, 0.5) is 0 Å². The number of aliphatic hydroxyl groups is 1. The Morgan fingerprint density at radius 3 is 2.86 bits per heavy atom. The van der Waals surface area contributed by atoms with Gasteiger partial charge in [-0.25, -0.2) is 4.98 Å². The van der Waals surface area contributed by atoms with Crippen molar-refractivity contribution in [3.05, 3.63) is 72.3 Å². The van der Waals surface area contributed by atoms with Crippen LogP contribution in [0.2, 0.25) is 0 Å². The highest BCUT2D eigenvalue weighted by Crippen LogP contribution is 2.29. The first-order valence-corrected chi connectivity index (χ1v) is 12.0. The fraction of sp³-hybridized carbons (Fsp3) is 0.444. The SMILES string of the molecule is COc1cc(CN2CCOC[C@@](O)(COc3cccc(C)c3)C2)ccc1OCCCn1ccnc1. The number of aryl methyl sites for hydroxylation is 2. The lowest BCUT2D eigenvalue weighted by atomic mass is 10.1. The fourth-order valence-corrected chi connectivity index (χ4v) is 4.18. The summed E-state index contributed by atoms with van der Waals surface area (Å²) in [6.45, 7) is 6.26. The molecule has 0 saturated carbocycles. The van der Waals surface area contributed by atoms with E-state index in [4.69, 9.17) is 18.9 Å². The highest BCUT2D eigenvalue weighted by molar-refractivity contribution is 5.43. The maximum atomic E-state index is 11.2. The van der Waals surface area contributed by atoms with Crippen LogP contribution >= 0.6 is 0 Å². The number of hydrogen-bond acceptors (Lipinski definition) is 7. The van der Waals surface area contributed by atoms with Crippen LogP contribution in [0.1, 0.15) is 17.5 Å². The minimum absolute atomic E-state index is 0.169. The van der Waals surface area contributed by atoms with Crippen molar-refractivity contribution in [1.29, 1.82) is 0 Å². The molecular weight excluding hydrogens is 446 g/mol. The van der Waals surface area contributed by atoms with Gasteiger partial charge in [0.15, 0.2) is 11.5 Å². The van der Waals surface area contributed by atoms with Gasteiger partial charge in [0.05, 0.1) is 33.3 Å². The summed E-state index contributed by atoms with van der Waals surface area (Å²) in [7, 11) is 1.65. The van der Waals surface area contributed by atoms with Gasteiger partial charge in [0.1, 0.15) is 18.0 Å². The third-order valence-electron chi connectivity index (χ3n) is 5.95. The van der Waals surface area contributed by atoms with Gasteiger partial charge in [-0.1, -0.05) is 18.2 Å². The number of methoxy groups -OCH3 is 1. The zero-order valence-electron chi connectivity index (χ0n) is 20.6. The van der Waals surface area contributed by atoms with Crippen LogP contribution < -0.4 is 14.2 Å². The molecule has 3 aromatic rings. The van der Waals surface area contributed by atoms with Gasteiger partial charge in [-0.15, -0.1) is 0 Å². The Labute approximate surface area is 207 Å². The molecule has 0 unspecified atom stereocenters. The molecule has 1 aromatic heterocycles. The van der Waals surface area contributed by atoms with E-state index in [1.807, 2.05) is 60.2 Å². The molecule has 4 rings (SSSR count). The molecule has 1 aliphatic rings. The summed E-state index contributed by atoms with van der Waals surface area (Å²) >= 11 is 0. The Bertz CT molecular complexity index is 1060. The highest BCUT2D eigenvalue weighted by Gasteiger charge is 2.33. The first-order chi connectivity index (χ1) is 17.0. The summed E-state index contributed by atoms with van der Waals surface area (Å²) in [5.74, 6) is 2.18. The largest absolute Gasteiger partial charge is 0.493 e. The van der Waals surface area contributed by atoms with Crippen molar-refractivity contribution in [1.82, 2.24) is 14.5 Å². The average Bonchev–Trinajstić information content (AvgIpc) is 3.30. The van der Waals surface area contributed by atoms with E-state index in [9.17, 15) is 5.11 Å². The van der Waals surface area contributed by atoms with E-state index >= 15 is 0 Å². The first kappa shape index (κ1) is 25.0. The van der Waals surface area contributed by atoms with E-state index in [2.05, 4.69) is 9.88 Å². The van der Waals surface area contributed by atoms with Crippen molar-refractivity contribution in [2.45, 2.75) is 32.0 Å². The normalized spacial score (nSPS) is 18.7. The molecule has 1 fully saturated rings. The Kier molecular flexibility index (Phi) is 8.63. The Morgan fingerprint density at radius 2 is 2.06 bits per heavy atom. The number of hydrogen-bond donors (Lipinski definition) is 1. The van der Waals surface area contributed by atoms with Crippen LogP contribution in [-0.4, -0.2) is 71.8 Å². The molecule has 0 radical (unpaired) electrons. The van der Waals surface area contributed by atoms with E-state index in [1.165, 1.54) is 0 Å². The average molecular weight is 482 g/mol. The molecule has 188 valence electrons. The number of nitrogens with zero attached hydrogens (tertiary/aromatic N) is 3. The number of β-amino-alcohol motifs (C(OH)–C–C–N with tert-alkyl or cyclic N) is 1. The van der Waals surface area contributed by atoms with Gasteiger partial charge in [0, 0.05) is 38.6 Å². The van der Waals surface area contributed by atoms with Crippen molar-refractivity contribution < 1.29 is 24.1 Å². The van der Waals surface area contributed by atoms with Gasteiger partial charge in [0.2, 0.25) is 0 Å². The number of ether oxygens (including phenoxy) is 4. The smallest absolute Gasteiger partial charge is 0.161 e.